The van der Waals surface area contributed by atoms with Crippen molar-refractivity contribution in [1.29, 1.82) is 0 Å². The first-order chi connectivity index (χ1) is 5.33. The van der Waals surface area contributed by atoms with Crippen molar-refractivity contribution < 1.29 is 15.6 Å². The Morgan fingerprint density at radius 2 is 2.27 bits per heavy atom. The van der Waals surface area contributed by atoms with Gasteiger partial charge in [-0.05, 0) is 12.1 Å². The molecule has 1 aromatic rings. The van der Waals surface area contributed by atoms with Crippen molar-refractivity contribution >= 4 is 5.69 Å². The molecule has 11 heavy (non-hydrogen) atoms. The van der Waals surface area contributed by atoms with E-state index in [4.69, 9.17) is 9.84 Å². The van der Waals surface area contributed by atoms with Gasteiger partial charge in [0.15, 0.2) is 0 Å². The average Bonchev–Trinajstić information content (AvgIpc) is 2.01. The summed E-state index contributed by atoms with van der Waals surface area (Å²) in [5.41, 5.74) is 4.66. The van der Waals surface area contributed by atoms with Crippen LogP contribution in [-0.4, -0.2) is 18.3 Å². The summed E-state index contributed by atoms with van der Waals surface area (Å²) in [4.78, 5) is 0. The van der Waals surface area contributed by atoms with E-state index in [1.165, 1.54) is 0 Å². The van der Waals surface area contributed by atoms with Crippen LogP contribution in [0, 0.1) is 0 Å². The topological polar surface area (TPSA) is 57.1 Å². The first-order valence-electron chi connectivity index (χ1n) is 3.48. The lowest BCUT2D eigenvalue weighted by Gasteiger charge is -2.02. The lowest BCUT2D eigenvalue weighted by atomic mass is 10.3. The largest absolute Gasteiger partial charge is 0.491 e. The van der Waals surface area contributed by atoms with Crippen LogP contribution in [0.5, 0.6) is 5.75 Å². The molecule has 0 aromatic heterocycles. The van der Waals surface area contributed by atoms with Crippen LogP contribution in [0.2, 0.25) is 0 Å². The molecule has 0 aliphatic heterocycles. The number of rotatable bonds is 3. The fraction of sp³-hybridized carbons (Fsp3) is 0.250. The maximum Gasteiger partial charge on any atom is 0.131 e. The molecule has 3 nitrogen and oxygen atoms in total. The Morgan fingerprint density at radius 1 is 1.45 bits per heavy atom. The molecule has 0 radical (unpaired) electrons. The van der Waals surface area contributed by atoms with Crippen molar-refractivity contribution in [3.63, 3.8) is 0 Å². The molecule has 0 spiro atoms. The third-order valence-corrected chi connectivity index (χ3v) is 1.26. The van der Waals surface area contributed by atoms with Crippen LogP contribution in [0.4, 0.5) is 5.69 Å². The minimum atomic E-state index is 0.0430. The van der Waals surface area contributed by atoms with Gasteiger partial charge in [-0.2, -0.15) is 0 Å². The Kier molecular flexibility index (Phi) is 2.89. The van der Waals surface area contributed by atoms with Gasteiger partial charge in [0.1, 0.15) is 18.0 Å². The zero-order valence-electron chi connectivity index (χ0n) is 6.29. The van der Waals surface area contributed by atoms with Crippen molar-refractivity contribution in [1.82, 2.24) is 0 Å². The van der Waals surface area contributed by atoms with Crippen LogP contribution < -0.4 is 10.5 Å². The number of aliphatic hydroxyl groups is 1. The van der Waals surface area contributed by atoms with Gasteiger partial charge in [-0.15, -0.1) is 0 Å². The number of benzene rings is 1. The molecule has 0 saturated heterocycles. The monoisotopic (exact) mass is 154 g/mol. The van der Waals surface area contributed by atoms with E-state index in [9.17, 15) is 0 Å². The highest BCUT2D eigenvalue weighted by atomic mass is 16.5. The predicted octanol–water partition coefficient (Wildman–Crippen LogP) is -0.0689. The van der Waals surface area contributed by atoms with E-state index in [0.29, 0.717) is 6.61 Å². The molecule has 0 amide bonds. The summed E-state index contributed by atoms with van der Waals surface area (Å²) >= 11 is 0. The predicted molar refractivity (Wildman–Crippen MR) is 41.6 cm³/mol. The maximum atomic E-state index is 8.46. The van der Waals surface area contributed by atoms with E-state index in [-0.39, 0.29) is 6.61 Å². The Labute approximate surface area is 65.4 Å². The number of quaternary nitrogens is 1. The van der Waals surface area contributed by atoms with E-state index in [2.05, 4.69) is 5.73 Å². The molecule has 0 bridgehead atoms. The second kappa shape index (κ2) is 3.95. The lowest BCUT2D eigenvalue weighted by molar-refractivity contribution is -0.254. The summed E-state index contributed by atoms with van der Waals surface area (Å²) in [5.74, 6) is 0.756. The number of hydrogen-bond acceptors (Lipinski definition) is 2. The molecule has 0 unspecified atom stereocenters. The van der Waals surface area contributed by atoms with E-state index in [1.54, 1.807) is 0 Å². The molecular formula is C8H12NO2+. The SMILES string of the molecule is [NH3+]c1cccc(OCCO)c1. The summed E-state index contributed by atoms with van der Waals surface area (Å²) < 4.78 is 5.15. The van der Waals surface area contributed by atoms with Crippen molar-refractivity contribution in [3.8, 4) is 5.75 Å². The first kappa shape index (κ1) is 8.04. The Morgan fingerprint density at radius 3 is 2.91 bits per heavy atom. The van der Waals surface area contributed by atoms with E-state index < -0.39 is 0 Å². The molecule has 0 fully saturated rings. The second-order valence-electron chi connectivity index (χ2n) is 2.22. The smallest absolute Gasteiger partial charge is 0.131 e. The number of aliphatic hydroxyl groups excluding tert-OH is 1. The minimum Gasteiger partial charge on any atom is -0.491 e. The van der Waals surface area contributed by atoms with E-state index >= 15 is 0 Å². The fourth-order valence-electron chi connectivity index (χ4n) is 0.799. The highest BCUT2D eigenvalue weighted by Gasteiger charge is 1.93. The minimum absolute atomic E-state index is 0.0430. The zero-order valence-corrected chi connectivity index (χ0v) is 6.29. The van der Waals surface area contributed by atoms with Crippen LogP contribution in [-0.2, 0) is 0 Å². The van der Waals surface area contributed by atoms with Crippen LogP contribution in [0.25, 0.3) is 0 Å². The molecule has 0 aliphatic carbocycles. The molecule has 1 aromatic carbocycles. The van der Waals surface area contributed by atoms with Gasteiger partial charge >= 0.3 is 0 Å². The molecular weight excluding hydrogens is 142 g/mol. The van der Waals surface area contributed by atoms with Crippen molar-refractivity contribution in [3.05, 3.63) is 24.3 Å². The van der Waals surface area contributed by atoms with Gasteiger partial charge in [0.2, 0.25) is 0 Å². The highest BCUT2D eigenvalue weighted by molar-refractivity contribution is 5.36. The third kappa shape index (κ3) is 2.57. The molecule has 0 saturated carbocycles. The van der Waals surface area contributed by atoms with Crippen LogP contribution in [0.15, 0.2) is 24.3 Å². The summed E-state index contributed by atoms with van der Waals surface area (Å²) in [6, 6.07) is 7.43. The van der Waals surface area contributed by atoms with Gasteiger partial charge < -0.3 is 15.6 Å². The maximum absolute atomic E-state index is 8.46. The van der Waals surface area contributed by atoms with Gasteiger partial charge in [-0.3, -0.25) is 0 Å². The third-order valence-electron chi connectivity index (χ3n) is 1.26. The fourth-order valence-corrected chi connectivity index (χ4v) is 0.799. The van der Waals surface area contributed by atoms with Gasteiger partial charge in [0.25, 0.3) is 0 Å². The summed E-state index contributed by atoms with van der Waals surface area (Å²) in [5, 5.41) is 8.46. The Hall–Kier alpha value is -1.06. The van der Waals surface area contributed by atoms with Crippen LogP contribution >= 0.6 is 0 Å². The Bertz CT molecular complexity index is 225. The first-order valence-corrected chi connectivity index (χ1v) is 3.48. The number of ether oxygens (including phenoxy) is 1. The lowest BCUT2D eigenvalue weighted by Crippen LogP contribution is -2.39. The molecule has 4 N–H and O–H groups in total. The van der Waals surface area contributed by atoms with Crippen LogP contribution in [0.1, 0.15) is 0 Å². The van der Waals surface area contributed by atoms with Crippen LogP contribution in [0.3, 0.4) is 0 Å². The normalized spacial score (nSPS) is 9.64. The molecule has 1 rings (SSSR count). The van der Waals surface area contributed by atoms with Gasteiger partial charge in [0.05, 0.1) is 6.61 Å². The molecule has 0 heterocycles. The van der Waals surface area contributed by atoms with Crippen molar-refractivity contribution in [2.24, 2.45) is 0 Å². The summed E-state index contributed by atoms with van der Waals surface area (Å²) in [6.45, 7) is 0.380. The average molecular weight is 154 g/mol. The molecule has 0 atom stereocenters. The standard InChI is InChI=1S/C8H11NO2/c9-7-2-1-3-8(6-7)11-5-4-10/h1-3,6,10H,4-5,9H2/p+1. The second-order valence-corrected chi connectivity index (χ2v) is 2.22. The van der Waals surface area contributed by atoms with Crippen molar-refractivity contribution in [2.75, 3.05) is 13.2 Å². The highest BCUT2D eigenvalue weighted by Crippen LogP contribution is 2.12. The molecule has 0 aliphatic rings. The van der Waals surface area contributed by atoms with Gasteiger partial charge in [-0.1, -0.05) is 6.07 Å². The number of hydrogen-bond donors (Lipinski definition) is 2. The summed E-state index contributed by atoms with van der Waals surface area (Å²) in [6.07, 6.45) is 0. The van der Waals surface area contributed by atoms with Crippen molar-refractivity contribution in [2.45, 2.75) is 0 Å². The molecule has 3 heteroatoms. The van der Waals surface area contributed by atoms with E-state index in [1.807, 2.05) is 24.3 Å². The Balaban J connectivity index is 2.56. The van der Waals surface area contributed by atoms with E-state index in [0.717, 1.165) is 11.4 Å². The van der Waals surface area contributed by atoms with Gasteiger partial charge in [-0.25, -0.2) is 0 Å². The quantitative estimate of drug-likeness (QED) is 0.640. The van der Waals surface area contributed by atoms with Gasteiger partial charge in [0, 0.05) is 6.07 Å². The molecule has 60 valence electrons. The summed E-state index contributed by atoms with van der Waals surface area (Å²) in [7, 11) is 0. The zero-order chi connectivity index (χ0) is 8.10.